The van der Waals surface area contributed by atoms with Gasteiger partial charge in [-0.3, -0.25) is 9.59 Å². The summed E-state index contributed by atoms with van der Waals surface area (Å²) < 4.78 is 0.840. The van der Waals surface area contributed by atoms with Gasteiger partial charge in [0.2, 0.25) is 5.91 Å². The predicted octanol–water partition coefficient (Wildman–Crippen LogP) is 3.03. The molecule has 1 amide bonds. The third-order valence-corrected chi connectivity index (χ3v) is 4.00. The molecule has 0 atom stereocenters. The van der Waals surface area contributed by atoms with Crippen molar-refractivity contribution in [1.29, 1.82) is 0 Å². The maximum absolute atomic E-state index is 12.0. The number of carbonyl (C=O) groups excluding carboxylic acids is 1. The van der Waals surface area contributed by atoms with Crippen molar-refractivity contribution in [1.82, 2.24) is 9.97 Å². The van der Waals surface area contributed by atoms with E-state index in [0.29, 0.717) is 23.5 Å². The predicted molar refractivity (Wildman–Crippen MR) is 90.2 cm³/mol. The van der Waals surface area contributed by atoms with Crippen LogP contribution in [0.5, 0.6) is 0 Å². The van der Waals surface area contributed by atoms with Gasteiger partial charge in [0.1, 0.15) is 5.82 Å². The quantitative estimate of drug-likeness (QED) is 0.876. The maximum atomic E-state index is 12.0. The number of rotatable bonds is 4. The van der Waals surface area contributed by atoms with Crippen LogP contribution in [0.3, 0.4) is 0 Å². The number of anilines is 1. The lowest BCUT2D eigenvalue weighted by atomic mass is 10.1. The standard InChI is InChI=1S/C16H18BrN3O2/c1-9-4-6-14(13(17)8-9)20-15(21)7-5-12-10(2)18-11(3)19-16(12)22/h4,6,8H,5,7H2,1-3H3,(H,20,21)(H,18,19,22). The van der Waals surface area contributed by atoms with Gasteiger partial charge in [-0.15, -0.1) is 0 Å². The van der Waals surface area contributed by atoms with E-state index < -0.39 is 0 Å². The Bertz CT molecular complexity index is 768. The van der Waals surface area contributed by atoms with Crippen LogP contribution in [0.4, 0.5) is 5.69 Å². The van der Waals surface area contributed by atoms with Gasteiger partial charge in [-0.05, 0) is 60.8 Å². The Morgan fingerprint density at radius 1 is 1.32 bits per heavy atom. The summed E-state index contributed by atoms with van der Waals surface area (Å²) in [6.07, 6.45) is 0.596. The zero-order valence-corrected chi connectivity index (χ0v) is 14.4. The summed E-state index contributed by atoms with van der Waals surface area (Å²) in [6, 6.07) is 5.72. The van der Waals surface area contributed by atoms with Gasteiger partial charge >= 0.3 is 0 Å². The lowest BCUT2D eigenvalue weighted by molar-refractivity contribution is -0.116. The zero-order valence-electron chi connectivity index (χ0n) is 12.8. The van der Waals surface area contributed by atoms with E-state index >= 15 is 0 Å². The van der Waals surface area contributed by atoms with Crippen LogP contribution in [-0.4, -0.2) is 15.9 Å². The van der Waals surface area contributed by atoms with Crippen molar-refractivity contribution in [2.75, 3.05) is 5.32 Å². The molecule has 6 heteroatoms. The number of nitrogens with zero attached hydrogens (tertiary/aromatic N) is 1. The third kappa shape index (κ3) is 4.04. The second-order valence-corrected chi connectivity index (χ2v) is 6.10. The molecule has 0 saturated carbocycles. The van der Waals surface area contributed by atoms with E-state index in [1.807, 2.05) is 25.1 Å². The lowest BCUT2D eigenvalue weighted by Crippen LogP contribution is -2.20. The molecule has 0 fully saturated rings. The summed E-state index contributed by atoms with van der Waals surface area (Å²) in [4.78, 5) is 30.8. The molecular formula is C16H18BrN3O2. The van der Waals surface area contributed by atoms with Gasteiger partial charge in [0.15, 0.2) is 0 Å². The fraction of sp³-hybridized carbons (Fsp3) is 0.312. The minimum atomic E-state index is -0.172. The highest BCUT2D eigenvalue weighted by Gasteiger charge is 2.11. The van der Waals surface area contributed by atoms with Gasteiger partial charge in [0.25, 0.3) is 5.56 Å². The summed E-state index contributed by atoms with van der Waals surface area (Å²) in [7, 11) is 0. The maximum Gasteiger partial charge on any atom is 0.254 e. The third-order valence-electron chi connectivity index (χ3n) is 3.34. The highest BCUT2D eigenvalue weighted by atomic mass is 79.9. The fourth-order valence-corrected chi connectivity index (χ4v) is 2.81. The average molecular weight is 364 g/mol. The number of amides is 1. The summed E-state index contributed by atoms with van der Waals surface area (Å²) in [5, 5.41) is 2.84. The molecule has 2 N–H and O–H groups in total. The van der Waals surface area contributed by atoms with E-state index in [0.717, 1.165) is 15.7 Å². The molecule has 2 rings (SSSR count). The van der Waals surface area contributed by atoms with E-state index in [4.69, 9.17) is 0 Å². The van der Waals surface area contributed by atoms with Gasteiger partial charge in [-0.25, -0.2) is 4.98 Å². The minimum absolute atomic E-state index is 0.135. The molecule has 0 spiro atoms. The lowest BCUT2D eigenvalue weighted by Gasteiger charge is -2.09. The average Bonchev–Trinajstić information content (AvgIpc) is 2.40. The molecule has 5 nitrogen and oxygen atoms in total. The second-order valence-electron chi connectivity index (χ2n) is 5.25. The van der Waals surface area contributed by atoms with Crippen molar-refractivity contribution < 1.29 is 4.79 Å². The van der Waals surface area contributed by atoms with Crippen molar-refractivity contribution in [3.05, 3.63) is 55.7 Å². The molecular weight excluding hydrogens is 346 g/mol. The van der Waals surface area contributed by atoms with Crippen molar-refractivity contribution in [2.45, 2.75) is 33.6 Å². The molecule has 0 radical (unpaired) electrons. The summed E-state index contributed by atoms with van der Waals surface area (Å²) in [5.74, 6) is 0.447. The van der Waals surface area contributed by atoms with Crippen LogP contribution in [0.2, 0.25) is 0 Å². The number of carbonyl (C=O) groups is 1. The van der Waals surface area contributed by atoms with Crippen LogP contribution in [0.1, 0.15) is 29.1 Å². The van der Waals surface area contributed by atoms with E-state index in [1.165, 1.54) is 0 Å². The topological polar surface area (TPSA) is 74.8 Å². The molecule has 0 aliphatic carbocycles. The van der Waals surface area contributed by atoms with Crippen LogP contribution >= 0.6 is 15.9 Å². The van der Waals surface area contributed by atoms with Crippen LogP contribution in [0, 0.1) is 20.8 Å². The monoisotopic (exact) mass is 363 g/mol. The van der Waals surface area contributed by atoms with E-state index in [9.17, 15) is 9.59 Å². The van der Waals surface area contributed by atoms with Gasteiger partial charge in [0.05, 0.1) is 5.69 Å². The molecule has 0 saturated heterocycles. The Balaban J connectivity index is 2.03. The first-order chi connectivity index (χ1) is 10.4. The van der Waals surface area contributed by atoms with Crippen molar-refractivity contribution in [2.24, 2.45) is 0 Å². The number of aromatic amines is 1. The molecule has 0 bridgehead atoms. The van der Waals surface area contributed by atoms with Crippen molar-refractivity contribution in [3.63, 3.8) is 0 Å². The minimum Gasteiger partial charge on any atom is -0.325 e. The number of H-pyrrole nitrogens is 1. The van der Waals surface area contributed by atoms with E-state index in [1.54, 1.807) is 13.8 Å². The Labute approximate surface area is 137 Å². The SMILES string of the molecule is Cc1ccc(NC(=O)CCc2c(C)nc(C)[nH]c2=O)c(Br)c1. The molecule has 2 aromatic rings. The zero-order chi connectivity index (χ0) is 16.3. The first kappa shape index (κ1) is 16.4. The van der Waals surface area contributed by atoms with Crippen LogP contribution in [-0.2, 0) is 11.2 Å². The van der Waals surface area contributed by atoms with Crippen molar-refractivity contribution in [3.8, 4) is 0 Å². The first-order valence-electron chi connectivity index (χ1n) is 6.99. The molecule has 1 aromatic heterocycles. The Kier molecular flexibility index (Phi) is 5.13. The number of aryl methyl sites for hydroxylation is 3. The largest absolute Gasteiger partial charge is 0.325 e. The van der Waals surface area contributed by atoms with Crippen LogP contribution < -0.4 is 10.9 Å². The summed E-state index contributed by atoms with van der Waals surface area (Å²) in [5.41, 5.74) is 2.89. The molecule has 0 aliphatic rings. The van der Waals surface area contributed by atoms with Crippen LogP contribution in [0.25, 0.3) is 0 Å². The second kappa shape index (κ2) is 6.87. The molecule has 1 aromatic carbocycles. The Hall–Kier alpha value is -1.95. The van der Waals surface area contributed by atoms with Gasteiger partial charge < -0.3 is 10.3 Å². The van der Waals surface area contributed by atoms with Gasteiger partial charge in [0, 0.05) is 22.2 Å². The number of aromatic nitrogens is 2. The Morgan fingerprint density at radius 2 is 2.05 bits per heavy atom. The molecule has 0 aliphatic heterocycles. The number of nitrogens with one attached hydrogen (secondary N) is 2. The summed E-state index contributed by atoms with van der Waals surface area (Å²) >= 11 is 3.42. The smallest absolute Gasteiger partial charge is 0.254 e. The fourth-order valence-electron chi connectivity index (χ4n) is 2.22. The van der Waals surface area contributed by atoms with Gasteiger partial charge in [-0.1, -0.05) is 6.07 Å². The first-order valence-corrected chi connectivity index (χ1v) is 7.78. The molecule has 1 heterocycles. The van der Waals surface area contributed by atoms with Crippen molar-refractivity contribution >= 4 is 27.5 Å². The number of halogens is 1. The molecule has 22 heavy (non-hydrogen) atoms. The number of hydrogen-bond acceptors (Lipinski definition) is 3. The molecule has 116 valence electrons. The summed E-state index contributed by atoms with van der Waals surface area (Å²) in [6.45, 7) is 5.50. The van der Waals surface area contributed by atoms with Crippen LogP contribution in [0.15, 0.2) is 27.5 Å². The number of hydrogen-bond donors (Lipinski definition) is 2. The van der Waals surface area contributed by atoms with E-state index in [2.05, 4.69) is 31.2 Å². The highest BCUT2D eigenvalue weighted by molar-refractivity contribution is 9.10. The van der Waals surface area contributed by atoms with Gasteiger partial charge in [-0.2, -0.15) is 0 Å². The van der Waals surface area contributed by atoms with E-state index in [-0.39, 0.29) is 17.9 Å². The highest BCUT2D eigenvalue weighted by Crippen LogP contribution is 2.23. The number of benzene rings is 1. The normalized spacial score (nSPS) is 10.5. The molecule has 0 unspecified atom stereocenters. The Morgan fingerprint density at radius 3 is 2.68 bits per heavy atom.